The van der Waals surface area contributed by atoms with E-state index in [0.29, 0.717) is 30.1 Å². The lowest BCUT2D eigenvalue weighted by Gasteiger charge is -2.10. The summed E-state index contributed by atoms with van der Waals surface area (Å²) in [6.45, 7) is 4.36. The standard InChI is InChI=1S/C16H20N2O3/c1-10(2)6-15(19)17-12-4-5-13-11(9-21-3)7-16(20)18-14(13)8-12/h4-5,7-8,10H,6,9H2,1-3H3,(H,17,19)(H,18,20). The largest absolute Gasteiger partial charge is 0.380 e. The van der Waals surface area contributed by atoms with Gasteiger partial charge < -0.3 is 15.0 Å². The van der Waals surface area contributed by atoms with Gasteiger partial charge in [0.2, 0.25) is 11.5 Å². The number of methoxy groups -OCH3 is 1. The second kappa shape index (κ2) is 6.54. The Hall–Kier alpha value is -2.14. The van der Waals surface area contributed by atoms with E-state index in [1.165, 1.54) is 6.07 Å². The van der Waals surface area contributed by atoms with Gasteiger partial charge in [0.05, 0.1) is 12.1 Å². The second-order valence-corrected chi connectivity index (χ2v) is 5.50. The van der Waals surface area contributed by atoms with Crippen LogP contribution in [0.1, 0.15) is 25.8 Å². The molecule has 2 rings (SSSR count). The van der Waals surface area contributed by atoms with Crippen LogP contribution in [0.3, 0.4) is 0 Å². The molecule has 0 aliphatic carbocycles. The zero-order chi connectivity index (χ0) is 15.4. The smallest absolute Gasteiger partial charge is 0.248 e. The molecule has 1 aromatic carbocycles. The number of anilines is 1. The van der Waals surface area contributed by atoms with E-state index in [2.05, 4.69) is 10.3 Å². The van der Waals surface area contributed by atoms with Crippen molar-refractivity contribution < 1.29 is 9.53 Å². The second-order valence-electron chi connectivity index (χ2n) is 5.50. The summed E-state index contributed by atoms with van der Waals surface area (Å²) in [5.74, 6) is 0.276. The van der Waals surface area contributed by atoms with Crippen LogP contribution in [-0.2, 0) is 16.1 Å². The molecule has 0 aliphatic rings. The molecule has 0 atom stereocenters. The summed E-state index contributed by atoms with van der Waals surface area (Å²) < 4.78 is 5.11. The summed E-state index contributed by atoms with van der Waals surface area (Å²) in [4.78, 5) is 26.2. The summed E-state index contributed by atoms with van der Waals surface area (Å²) in [7, 11) is 1.59. The Morgan fingerprint density at radius 3 is 2.76 bits per heavy atom. The van der Waals surface area contributed by atoms with Crippen LogP contribution in [-0.4, -0.2) is 18.0 Å². The highest BCUT2D eigenvalue weighted by molar-refractivity contribution is 5.94. The minimum absolute atomic E-state index is 0.0280. The van der Waals surface area contributed by atoms with E-state index in [1.54, 1.807) is 13.2 Å². The van der Waals surface area contributed by atoms with E-state index < -0.39 is 0 Å². The van der Waals surface area contributed by atoms with Crippen LogP contribution in [0.2, 0.25) is 0 Å². The molecule has 1 heterocycles. The van der Waals surface area contributed by atoms with Gasteiger partial charge >= 0.3 is 0 Å². The molecular formula is C16H20N2O3. The number of rotatable bonds is 5. The molecule has 5 nitrogen and oxygen atoms in total. The molecule has 0 bridgehead atoms. The highest BCUT2D eigenvalue weighted by atomic mass is 16.5. The fourth-order valence-corrected chi connectivity index (χ4v) is 2.27. The number of hydrogen-bond acceptors (Lipinski definition) is 3. The van der Waals surface area contributed by atoms with Crippen molar-refractivity contribution >= 4 is 22.5 Å². The van der Waals surface area contributed by atoms with Crippen LogP contribution < -0.4 is 10.9 Å². The summed E-state index contributed by atoms with van der Waals surface area (Å²) in [6, 6.07) is 7.01. The SMILES string of the molecule is COCc1cc(=O)[nH]c2cc(NC(=O)CC(C)C)ccc12. The molecule has 112 valence electrons. The maximum absolute atomic E-state index is 11.8. The zero-order valence-electron chi connectivity index (χ0n) is 12.5. The first-order chi connectivity index (χ1) is 9.99. The van der Waals surface area contributed by atoms with Gasteiger partial charge in [-0.05, 0) is 23.6 Å². The van der Waals surface area contributed by atoms with Gasteiger partial charge in [0.15, 0.2) is 0 Å². The lowest BCUT2D eigenvalue weighted by atomic mass is 10.1. The monoisotopic (exact) mass is 288 g/mol. The van der Waals surface area contributed by atoms with Crippen LogP contribution in [0.15, 0.2) is 29.1 Å². The topological polar surface area (TPSA) is 71.2 Å². The zero-order valence-corrected chi connectivity index (χ0v) is 12.5. The van der Waals surface area contributed by atoms with E-state index in [9.17, 15) is 9.59 Å². The third kappa shape index (κ3) is 3.92. The number of carbonyl (C=O) groups excluding carboxylic acids is 1. The van der Waals surface area contributed by atoms with Crippen molar-refractivity contribution in [1.29, 1.82) is 0 Å². The molecule has 0 aliphatic heterocycles. The molecule has 2 N–H and O–H groups in total. The van der Waals surface area contributed by atoms with Crippen LogP contribution >= 0.6 is 0 Å². The average molecular weight is 288 g/mol. The number of carbonyl (C=O) groups is 1. The first-order valence-electron chi connectivity index (χ1n) is 6.94. The van der Waals surface area contributed by atoms with Gasteiger partial charge in [-0.1, -0.05) is 19.9 Å². The van der Waals surface area contributed by atoms with Crippen molar-refractivity contribution in [1.82, 2.24) is 4.98 Å². The van der Waals surface area contributed by atoms with Crippen LogP contribution in [0, 0.1) is 5.92 Å². The Labute approximate surface area is 123 Å². The molecule has 1 aromatic heterocycles. The molecule has 21 heavy (non-hydrogen) atoms. The first kappa shape index (κ1) is 15.3. The molecular weight excluding hydrogens is 268 g/mol. The Morgan fingerprint density at radius 1 is 1.33 bits per heavy atom. The summed E-state index contributed by atoms with van der Waals surface area (Å²) in [5.41, 5.74) is 2.02. The highest BCUT2D eigenvalue weighted by Gasteiger charge is 2.08. The number of ether oxygens (including phenoxy) is 1. The van der Waals surface area contributed by atoms with Gasteiger partial charge in [-0.2, -0.15) is 0 Å². The van der Waals surface area contributed by atoms with Crippen molar-refractivity contribution in [2.24, 2.45) is 5.92 Å². The molecule has 0 radical (unpaired) electrons. The van der Waals surface area contributed by atoms with Gasteiger partial charge in [0.1, 0.15) is 0 Å². The minimum atomic E-state index is -0.180. The maximum Gasteiger partial charge on any atom is 0.248 e. The Morgan fingerprint density at radius 2 is 2.10 bits per heavy atom. The van der Waals surface area contributed by atoms with Crippen molar-refractivity contribution in [3.8, 4) is 0 Å². The van der Waals surface area contributed by atoms with Crippen LogP contribution in [0.25, 0.3) is 10.9 Å². The van der Waals surface area contributed by atoms with Gasteiger partial charge in [0.25, 0.3) is 0 Å². The number of aromatic nitrogens is 1. The number of fused-ring (bicyclic) bond motifs is 1. The Kier molecular flexibility index (Phi) is 4.75. The van der Waals surface area contributed by atoms with Crippen LogP contribution in [0.5, 0.6) is 0 Å². The molecule has 0 saturated carbocycles. The molecule has 0 fully saturated rings. The predicted molar refractivity (Wildman–Crippen MR) is 83.4 cm³/mol. The summed E-state index contributed by atoms with van der Waals surface area (Å²) in [6.07, 6.45) is 0.471. The van der Waals surface area contributed by atoms with Gasteiger partial charge in [-0.15, -0.1) is 0 Å². The fourth-order valence-electron chi connectivity index (χ4n) is 2.27. The van der Waals surface area contributed by atoms with E-state index in [-0.39, 0.29) is 11.5 Å². The maximum atomic E-state index is 11.8. The molecule has 2 aromatic rings. The highest BCUT2D eigenvalue weighted by Crippen LogP contribution is 2.20. The van der Waals surface area contributed by atoms with Crippen molar-refractivity contribution in [2.45, 2.75) is 26.9 Å². The third-order valence-electron chi connectivity index (χ3n) is 3.11. The number of benzene rings is 1. The van der Waals surface area contributed by atoms with E-state index in [4.69, 9.17) is 4.74 Å². The number of amides is 1. The third-order valence-corrected chi connectivity index (χ3v) is 3.11. The number of hydrogen-bond donors (Lipinski definition) is 2. The van der Waals surface area contributed by atoms with E-state index >= 15 is 0 Å². The summed E-state index contributed by atoms with van der Waals surface area (Å²) in [5, 5.41) is 3.76. The first-order valence-corrected chi connectivity index (χ1v) is 6.94. The van der Waals surface area contributed by atoms with Gasteiger partial charge in [-0.3, -0.25) is 9.59 Å². The normalized spacial score (nSPS) is 11.0. The number of aromatic amines is 1. The predicted octanol–water partition coefficient (Wildman–Crippen LogP) is 2.66. The van der Waals surface area contributed by atoms with Crippen molar-refractivity contribution in [3.63, 3.8) is 0 Å². The Bertz CT molecular complexity index is 704. The minimum Gasteiger partial charge on any atom is -0.380 e. The average Bonchev–Trinajstić information content (AvgIpc) is 2.37. The van der Waals surface area contributed by atoms with Gasteiger partial charge in [0, 0.05) is 30.7 Å². The van der Waals surface area contributed by atoms with Crippen molar-refractivity contribution in [2.75, 3.05) is 12.4 Å². The lowest BCUT2D eigenvalue weighted by molar-refractivity contribution is -0.116. The quantitative estimate of drug-likeness (QED) is 0.888. The van der Waals surface area contributed by atoms with Crippen molar-refractivity contribution in [3.05, 3.63) is 40.2 Å². The lowest BCUT2D eigenvalue weighted by Crippen LogP contribution is -2.14. The number of H-pyrrole nitrogens is 1. The molecule has 5 heteroatoms. The molecule has 0 spiro atoms. The number of nitrogens with one attached hydrogen (secondary N) is 2. The molecule has 0 unspecified atom stereocenters. The van der Waals surface area contributed by atoms with E-state index in [1.807, 2.05) is 26.0 Å². The molecule has 1 amide bonds. The van der Waals surface area contributed by atoms with E-state index in [0.717, 1.165) is 10.9 Å². The summed E-state index contributed by atoms with van der Waals surface area (Å²) >= 11 is 0. The van der Waals surface area contributed by atoms with Gasteiger partial charge in [-0.25, -0.2) is 0 Å². The Balaban J connectivity index is 2.33. The molecule has 0 saturated heterocycles. The number of pyridine rings is 1. The van der Waals surface area contributed by atoms with Crippen LogP contribution in [0.4, 0.5) is 5.69 Å². The fraction of sp³-hybridized carbons (Fsp3) is 0.375.